The fraction of sp³-hybridized carbons (Fsp3) is 0.450. The number of nitrogens with zero attached hydrogens (tertiary/aromatic N) is 1. The zero-order chi connectivity index (χ0) is 15.9. The molecular formula is C20H29N. The van der Waals surface area contributed by atoms with E-state index in [1.54, 1.807) is 0 Å². The lowest BCUT2D eigenvalue weighted by atomic mass is 9.79. The summed E-state index contributed by atoms with van der Waals surface area (Å²) < 4.78 is 0. The number of hydrogen-bond acceptors (Lipinski definition) is 1. The molecule has 0 spiro atoms. The summed E-state index contributed by atoms with van der Waals surface area (Å²) in [5, 5.41) is 0. The van der Waals surface area contributed by atoms with Crippen LogP contribution in [0.5, 0.6) is 0 Å². The van der Waals surface area contributed by atoms with E-state index in [9.17, 15) is 0 Å². The molecule has 21 heavy (non-hydrogen) atoms. The first kappa shape index (κ1) is 17.4. The Kier molecular flexibility index (Phi) is 6.61. The van der Waals surface area contributed by atoms with Crippen molar-refractivity contribution in [3.05, 3.63) is 59.9 Å². The van der Waals surface area contributed by atoms with Crippen molar-refractivity contribution in [2.45, 2.75) is 41.5 Å². The van der Waals surface area contributed by atoms with E-state index in [-0.39, 0.29) is 5.41 Å². The number of allylic oxidation sites excluding steroid dienone is 9. The quantitative estimate of drug-likeness (QED) is 0.558. The van der Waals surface area contributed by atoms with Crippen LogP contribution < -0.4 is 0 Å². The van der Waals surface area contributed by atoms with Crippen LogP contribution in [0.4, 0.5) is 0 Å². The SMILES string of the molecule is C/C=C\C1=C(/N=C\C=C\C(C)C)C=CC(C)(C(C)C)C=C1. The molecule has 1 nitrogen and oxygen atoms in total. The van der Waals surface area contributed by atoms with Gasteiger partial charge in [-0.15, -0.1) is 0 Å². The molecule has 0 saturated carbocycles. The maximum Gasteiger partial charge on any atom is 0.0698 e. The van der Waals surface area contributed by atoms with E-state index in [4.69, 9.17) is 0 Å². The number of aliphatic imine (C=N–C) groups is 1. The van der Waals surface area contributed by atoms with Crippen molar-refractivity contribution in [1.82, 2.24) is 0 Å². The fourth-order valence-corrected chi connectivity index (χ4v) is 1.98. The van der Waals surface area contributed by atoms with Crippen LogP contribution in [-0.4, -0.2) is 6.21 Å². The Morgan fingerprint density at radius 3 is 2.33 bits per heavy atom. The maximum absolute atomic E-state index is 4.62. The topological polar surface area (TPSA) is 12.4 Å². The Hall–Kier alpha value is -1.63. The molecule has 0 aromatic carbocycles. The molecule has 0 aromatic rings. The van der Waals surface area contributed by atoms with Gasteiger partial charge in [-0.25, -0.2) is 0 Å². The summed E-state index contributed by atoms with van der Waals surface area (Å²) in [6.45, 7) is 13.1. The van der Waals surface area contributed by atoms with Crippen LogP contribution in [0.25, 0.3) is 0 Å². The van der Waals surface area contributed by atoms with Gasteiger partial charge in [-0.1, -0.05) is 71.1 Å². The second-order valence-electron chi connectivity index (χ2n) is 6.44. The Morgan fingerprint density at radius 2 is 1.76 bits per heavy atom. The molecule has 114 valence electrons. The lowest BCUT2D eigenvalue weighted by Crippen LogP contribution is -2.17. The van der Waals surface area contributed by atoms with Gasteiger partial charge in [-0.3, -0.25) is 4.99 Å². The highest BCUT2D eigenvalue weighted by atomic mass is 14.7. The van der Waals surface area contributed by atoms with E-state index in [0.717, 1.165) is 11.3 Å². The van der Waals surface area contributed by atoms with Crippen LogP contribution in [0.15, 0.2) is 64.9 Å². The maximum atomic E-state index is 4.62. The molecule has 1 unspecified atom stereocenters. The molecule has 0 saturated heterocycles. The van der Waals surface area contributed by atoms with E-state index in [2.05, 4.69) is 82.1 Å². The molecule has 1 rings (SSSR count). The standard InChI is InChI=1S/C20H29N/c1-7-9-18-11-13-20(6,17(4)5)14-12-19(18)21-15-8-10-16(2)3/h7-17H,1-6H3/b9-7-,10-8+,21-15-. The van der Waals surface area contributed by atoms with Crippen molar-refractivity contribution in [2.24, 2.45) is 22.2 Å². The van der Waals surface area contributed by atoms with Gasteiger partial charge < -0.3 is 0 Å². The van der Waals surface area contributed by atoms with Crippen molar-refractivity contribution in [1.29, 1.82) is 0 Å². The van der Waals surface area contributed by atoms with E-state index in [1.165, 1.54) is 0 Å². The fourth-order valence-electron chi connectivity index (χ4n) is 1.98. The van der Waals surface area contributed by atoms with E-state index < -0.39 is 0 Å². The number of rotatable bonds is 5. The van der Waals surface area contributed by atoms with Crippen LogP contribution in [0.3, 0.4) is 0 Å². The third-order valence-corrected chi connectivity index (χ3v) is 3.90. The van der Waals surface area contributed by atoms with Crippen LogP contribution >= 0.6 is 0 Å². The van der Waals surface area contributed by atoms with E-state index in [1.807, 2.05) is 19.2 Å². The van der Waals surface area contributed by atoms with Crippen molar-refractivity contribution in [3.8, 4) is 0 Å². The molecule has 1 aliphatic carbocycles. The highest BCUT2D eigenvalue weighted by Crippen LogP contribution is 2.34. The molecule has 0 N–H and O–H groups in total. The molecule has 0 aromatic heterocycles. The van der Waals surface area contributed by atoms with Crippen molar-refractivity contribution in [3.63, 3.8) is 0 Å². The molecule has 1 atom stereocenters. The van der Waals surface area contributed by atoms with Gasteiger partial charge in [0.05, 0.1) is 5.70 Å². The molecule has 1 heteroatoms. The van der Waals surface area contributed by atoms with E-state index >= 15 is 0 Å². The normalized spacial score (nSPS) is 23.6. The summed E-state index contributed by atoms with van der Waals surface area (Å²) in [6, 6.07) is 0. The van der Waals surface area contributed by atoms with Gasteiger partial charge >= 0.3 is 0 Å². The summed E-state index contributed by atoms with van der Waals surface area (Å²) in [7, 11) is 0. The smallest absolute Gasteiger partial charge is 0.0698 e. The largest absolute Gasteiger partial charge is 0.256 e. The van der Waals surface area contributed by atoms with Crippen LogP contribution in [0.1, 0.15) is 41.5 Å². The first-order valence-electron chi connectivity index (χ1n) is 7.85. The van der Waals surface area contributed by atoms with Gasteiger partial charge in [0.1, 0.15) is 0 Å². The van der Waals surface area contributed by atoms with Gasteiger partial charge in [-0.2, -0.15) is 0 Å². The van der Waals surface area contributed by atoms with Crippen LogP contribution in [0.2, 0.25) is 0 Å². The van der Waals surface area contributed by atoms with Gasteiger partial charge in [0, 0.05) is 11.6 Å². The van der Waals surface area contributed by atoms with Gasteiger partial charge in [0.25, 0.3) is 0 Å². The first-order valence-corrected chi connectivity index (χ1v) is 7.85. The first-order chi connectivity index (χ1) is 9.89. The van der Waals surface area contributed by atoms with Crippen LogP contribution in [-0.2, 0) is 0 Å². The highest BCUT2D eigenvalue weighted by molar-refractivity contribution is 5.73. The van der Waals surface area contributed by atoms with Gasteiger partial charge in [-0.05, 0) is 36.5 Å². The Morgan fingerprint density at radius 1 is 1.10 bits per heavy atom. The zero-order valence-corrected chi connectivity index (χ0v) is 14.3. The molecular weight excluding hydrogens is 254 g/mol. The Bertz CT molecular complexity index is 510. The second kappa shape index (κ2) is 7.97. The monoisotopic (exact) mass is 283 g/mol. The predicted octanol–water partition coefficient (Wildman–Crippen LogP) is 5.89. The summed E-state index contributed by atoms with van der Waals surface area (Å²) in [6.07, 6.45) is 19.1. The van der Waals surface area contributed by atoms with Crippen molar-refractivity contribution >= 4 is 6.21 Å². The Balaban J connectivity index is 3.09. The van der Waals surface area contributed by atoms with Gasteiger partial charge in [0.2, 0.25) is 0 Å². The lowest BCUT2D eigenvalue weighted by Gasteiger charge is -2.26. The molecule has 0 radical (unpaired) electrons. The average Bonchev–Trinajstić information content (AvgIpc) is 2.57. The van der Waals surface area contributed by atoms with Crippen LogP contribution in [0, 0.1) is 17.3 Å². The predicted molar refractivity (Wildman–Crippen MR) is 95.5 cm³/mol. The van der Waals surface area contributed by atoms with Gasteiger partial charge in [0.15, 0.2) is 0 Å². The molecule has 0 aliphatic heterocycles. The third-order valence-electron chi connectivity index (χ3n) is 3.90. The summed E-state index contributed by atoms with van der Waals surface area (Å²) in [4.78, 5) is 4.62. The highest BCUT2D eigenvalue weighted by Gasteiger charge is 2.23. The van der Waals surface area contributed by atoms with E-state index in [0.29, 0.717) is 11.8 Å². The molecule has 0 bridgehead atoms. The zero-order valence-electron chi connectivity index (χ0n) is 14.3. The summed E-state index contributed by atoms with van der Waals surface area (Å²) in [5.74, 6) is 1.11. The minimum atomic E-state index is 0.0812. The average molecular weight is 283 g/mol. The minimum absolute atomic E-state index is 0.0812. The van der Waals surface area contributed by atoms with Crippen molar-refractivity contribution < 1.29 is 0 Å². The number of hydrogen-bond donors (Lipinski definition) is 0. The molecule has 1 aliphatic rings. The molecule has 0 heterocycles. The summed E-state index contributed by atoms with van der Waals surface area (Å²) in [5.41, 5.74) is 2.26. The molecule has 0 fully saturated rings. The summed E-state index contributed by atoms with van der Waals surface area (Å²) >= 11 is 0. The Labute approximate surface area is 130 Å². The second-order valence-corrected chi connectivity index (χ2v) is 6.44. The van der Waals surface area contributed by atoms with Crippen molar-refractivity contribution in [2.75, 3.05) is 0 Å². The third kappa shape index (κ3) is 5.34. The molecule has 0 amide bonds. The lowest BCUT2D eigenvalue weighted by molar-refractivity contribution is 0.383. The minimum Gasteiger partial charge on any atom is -0.256 e.